The van der Waals surface area contributed by atoms with Crippen LogP contribution in [0.3, 0.4) is 0 Å². The van der Waals surface area contributed by atoms with Crippen LogP contribution in [-0.4, -0.2) is 48.1 Å². The van der Waals surface area contributed by atoms with Crippen LogP contribution in [0.1, 0.15) is 29.4 Å². The van der Waals surface area contributed by atoms with E-state index in [2.05, 4.69) is 22.1 Å². The molecule has 0 saturated carbocycles. The number of piperidine rings is 3. The summed E-state index contributed by atoms with van der Waals surface area (Å²) in [5, 5.41) is 6.20. The molecule has 2 unspecified atom stereocenters. The smallest absolute Gasteiger partial charge is 0.282 e. The van der Waals surface area contributed by atoms with Crippen molar-refractivity contribution in [2.75, 3.05) is 20.2 Å². The Bertz CT molecular complexity index is 750. The van der Waals surface area contributed by atoms with E-state index in [1.165, 1.54) is 35.5 Å². The van der Waals surface area contributed by atoms with Crippen molar-refractivity contribution in [3.05, 3.63) is 22.4 Å². The number of ether oxygens (including phenoxy) is 2. The van der Waals surface area contributed by atoms with Gasteiger partial charge in [0, 0.05) is 12.1 Å². The fraction of sp³-hybridized carbons (Fsp3) is 0.529. The number of hydrogen-bond acceptors (Lipinski definition) is 7. The Morgan fingerprint density at radius 1 is 1.36 bits per heavy atom. The highest BCUT2D eigenvalue weighted by molar-refractivity contribution is 7.16. The maximum Gasteiger partial charge on any atom is 0.282 e. The average molecular weight is 380 g/mol. The Hall–Kier alpha value is -1.64. The molecule has 3 aliphatic heterocycles. The molecule has 2 atom stereocenters. The summed E-state index contributed by atoms with van der Waals surface area (Å²) >= 11 is 2.71. The summed E-state index contributed by atoms with van der Waals surface area (Å²) in [5.41, 5.74) is 0. The average Bonchev–Trinajstić information content (AvgIpc) is 3.28. The van der Waals surface area contributed by atoms with Crippen molar-refractivity contribution >= 4 is 28.6 Å². The van der Waals surface area contributed by atoms with E-state index in [1.807, 2.05) is 12.1 Å². The minimum absolute atomic E-state index is 0.0119. The second-order valence-electron chi connectivity index (χ2n) is 6.49. The summed E-state index contributed by atoms with van der Waals surface area (Å²) in [6.07, 6.45) is 2.36. The van der Waals surface area contributed by atoms with Crippen LogP contribution in [0.5, 0.6) is 16.1 Å². The molecule has 0 aliphatic carbocycles. The van der Waals surface area contributed by atoms with Crippen molar-refractivity contribution < 1.29 is 14.3 Å². The summed E-state index contributed by atoms with van der Waals surface area (Å²) in [6.45, 7) is 4.54. The zero-order valence-corrected chi connectivity index (χ0v) is 15.9. The van der Waals surface area contributed by atoms with Gasteiger partial charge in [-0.25, -0.2) is 0 Å². The first-order valence-electron chi connectivity index (χ1n) is 8.46. The lowest BCUT2D eigenvalue weighted by atomic mass is 9.79. The van der Waals surface area contributed by atoms with Gasteiger partial charge in [0.05, 0.1) is 17.4 Å². The lowest BCUT2D eigenvalue weighted by molar-refractivity contribution is 0.0218. The Morgan fingerprint density at radius 3 is 2.84 bits per heavy atom. The summed E-state index contributed by atoms with van der Waals surface area (Å²) in [7, 11) is 1.57. The first-order chi connectivity index (χ1) is 12.1. The Balaban J connectivity index is 1.40. The summed E-state index contributed by atoms with van der Waals surface area (Å²) < 4.78 is 10.8. The van der Waals surface area contributed by atoms with E-state index in [0.29, 0.717) is 33.0 Å². The number of carbonyl (C=O) groups excluding carboxylic acids is 1. The van der Waals surface area contributed by atoms with Crippen LogP contribution >= 0.6 is 22.7 Å². The molecule has 3 saturated heterocycles. The zero-order valence-electron chi connectivity index (χ0n) is 14.2. The van der Waals surface area contributed by atoms with Gasteiger partial charge in [0.2, 0.25) is 5.88 Å². The largest absolute Gasteiger partial charge is 0.480 e. The van der Waals surface area contributed by atoms with Crippen molar-refractivity contribution in [2.45, 2.75) is 31.8 Å². The van der Waals surface area contributed by atoms with E-state index < -0.39 is 0 Å². The molecule has 0 radical (unpaired) electrons. The fourth-order valence-electron chi connectivity index (χ4n) is 3.73. The minimum Gasteiger partial charge on any atom is -0.480 e. The summed E-state index contributed by atoms with van der Waals surface area (Å²) in [4.78, 5) is 20.0. The molecule has 1 amide bonds. The minimum atomic E-state index is -0.0119. The van der Waals surface area contributed by atoms with Crippen molar-refractivity contribution in [3.63, 3.8) is 0 Å². The molecular weight excluding hydrogens is 358 g/mol. The van der Waals surface area contributed by atoms with Crippen LogP contribution in [0.2, 0.25) is 0 Å². The van der Waals surface area contributed by atoms with Gasteiger partial charge in [0.25, 0.3) is 11.1 Å². The van der Waals surface area contributed by atoms with E-state index in [4.69, 9.17) is 9.47 Å². The van der Waals surface area contributed by atoms with Gasteiger partial charge in [-0.05, 0) is 50.9 Å². The fourth-order valence-corrected chi connectivity index (χ4v) is 5.18. The van der Waals surface area contributed by atoms with Gasteiger partial charge >= 0.3 is 0 Å². The molecule has 0 aromatic carbocycles. The lowest BCUT2D eigenvalue weighted by Gasteiger charge is -2.49. The zero-order chi connectivity index (χ0) is 17.4. The number of rotatable bonds is 5. The second-order valence-corrected chi connectivity index (χ2v) is 8.36. The van der Waals surface area contributed by atoms with Crippen LogP contribution in [0.25, 0.3) is 0 Å². The van der Waals surface area contributed by atoms with Gasteiger partial charge in [0.15, 0.2) is 5.06 Å². The van der Waals surface area contributed by atoms with Gasteiger partial charge in [-0.2, -0.15) is 4.98 Å². The number of methoxy groups -OCH3 is 1. The first-order valence-corrected chi connectivity index (χ1v) is 10.2. The molecule has 3 aliphatic rings. The Kier molecular flexibility index (Phi) is 4.66. The molecule has 2 aromatic heterocycles. The highest BCUT2D eigenvalue weighted by atomic mass is 32.1. The van der Waals surface area contributed by atoms with E-state index in [0.717, 1.165) is 13.1 Å². The van der Waals surface area contributed by atoms with Gasteiger partial charge in [-0.3, -0.25) is 9.69 Å². The molecule has 8 heteroatoms. The third kappa shape index (κ3) is 3.38. The normalized spacial score (nSPS) is 27.9. The molecule has 25 heavy (non-hydrogen) atoms. The van der Waals surface area contributed by atoms with Crippen LogP contribution in [0.15, 0.2) is 17.5 Å². The molecular formula is C17H21N3O3S2. The standard InChI is InChI=1S/C17H21N3O3S2/c1-10-15(11-5-7-20(10)8-6-11)19-16(21)12-3-4-14(25-12)23-17-18-13(22-2)9-24-17/h3-4,9-11,15H,5-8H2,1-2H3,(H,19,21). The van der Waals surface area contributed by atoms with Gasteiger partial charge in [-0.15, -0.1) is 0 Å². The quantitative estimate of drug-likeness (QED) is 0.864. The second kappa shape index (κ2) is 6.93. The van der Waals surface area contributed by atoms with Crippen molar-refractivity contribution in [1.29, 1.82) is 0 Å². The van der Waals surface area contributed by atoms with E-state index in [9.17, 15) is 4.79 Å². The van der Waals surface area contributed by atoms with Crippen LogP contribution in [0, 0.1) is 5.92 Å². The number of hydrogen-bond donors (Lipinski definition) is 1. The number of thiophene rings is 1. The number of nitrogens with zero attached hydrogens (tertiary/aromatic N) is 2. The molecule has 6 nitrogen and oxygen atoms in total. The predicted octanol–water partition coefficient (Wildman–Crippen LogP) is 3.22. The summed E-state index contributed by atoms with van der Waals surface area (Å²) in [6, 6.07) is 4.28. The molecule has 5 heterocycles. The predicted molar refractivity (Wildman–Crippen MR) is 98.1 cm³/mol. The van der Waals surface area contributed by atoms with E-state index >= 15 is 0 Å². The number of fused-ring (bicyclic) bond motifs is 3. The van der Waals surface area contributed by atoms with Crippen molar-refractivity contribution in [3.8, 4) is 16.1 Å². The SMILES string of the molecule is COc1csc(Oc2ccc(C(=O)NC3C4CCN(CC4)C3C)s2)n1. The number of nitrogens with one attached hydrogen (secondary N) is 1. The highest BCUT2D eigenvalue weighted by Gasteiger charge is 2.40. The molecule has 0 spiro atoms. The van der Waals surface area contributed by atoms with Crippen LogP contribution in [-0.2, 0) is 0 Å². The van der Waals surface area contributed by atoms with Gasteiger partial charge in [0.1, 0.15) is 0 Å². The number of thiazole rings is 1. The monoisotopic (exact) mass is 379 g/mol. The van der Waals surface area contributed by atoms with E-state index in [-0.39, 0.29) is 11.9 Å². The molecule has 1 N–H and O–H groups in total. The maximum atomic E-state index is 12.6. The molecule has 134 valence electrons. The molecule has 2 bridgehead atoms. The summed E-state index contributed by atoms with van der Waals surface area (Å²) in [5.74, 6) is 1.12. The topological polar surface area (TPSA) is 63.7 Å². The number of amides is 1. The molecule has 3 fully saturated rings. The Morgan fingerprint density at radius 2 is 2.16 bits per heavy atom. The Labute approximate surface area is 154 Å². The van der Waals surface area contributed by atoms with Crippen LogP contribution in [0.4, 0.5) is 0 Å². The van der Waals surface area contributed by atoms with Crippen molar-refractivity contribution in [1.82, 2.24) is 15.2 Å². The highest BCUT2D eigenvalue weighted by Crippen LogP contribution is 2.34. The van der Waals surface area contributed by atoms with Gasteiger partial charge in [-0.1, -0.05) is 22.7 Å². The third-order valence-corrected chi connectivity index (χ3v) is 6.80. The molecule has 2 aromatic rings. The lowest BCUT2D eigenvalue weighted by Crippen LogP contribution is -2.62. The molecule has 5 rings (SSSR count). The number of aromatic nitrogens is 1. The van der Waals surface area contributed by atoms with E-state index in [1.54, 1.807) is 12.5 Å². The van der Waals surface area contributed by atoms with Crippen molar-refractivity contribution in [2.24, 2.45) is 5.92 Å². The maximum absolute atomic E-state index is 12.6. The number of carbonyl (C=O) groups is 1. The van der Waals surface area contributed by atoms with Crippen LogP contribution < -0.4 is 14.8 Å². The first kappa shape index (κ1) is 16.8. The third-order valence-electron chi connectivity index (χ3n) is 5.14. The van der Waals surface area contributed by atoms with Gasteiger partial charge < -0.3 is 14.8 Å².